The highest BCUT2D eigenvalue weighted by molar-refractivity contribution is 5.83. The summed E-state index contributed by atoms with van der Waals surface area (Å²) in [6, 6.07) is 12.3. The maximum absolute atomic E-state index is 12.9. The van der Waals surface area contributed by atoms with Crippen LogP contribution >= 0.6 is 0 Å². The van der Waals surface area contributed by atoms with E-state index in [4.69, 9.17) is 14.2 Å². The molecular formula is C24H28N2O4. The number of carbonyl (C=O) groups excluding carboxylic acids is 1. The van der Waals surface area contributed by atoms with E-state index in [0.717, 1.165) is 23.3 Å². The summed E-state index contributed by atoms with van der Waals surface area (Å²) in [7, 11) is 3.22. The first-order chi connectivity index (χ1) is 14.7. The van der Waals surface area contributed by atoms with E-state index >= 15 is 0 Å². The lowest BCUT2D eigenvalue weighted by atomic mass is 9.88. The van der Waals surface area contributed by atoms with Gasteiger partial charge in [0.05, 0.1) is 19.8 Å². The van der Waals surface area contributed by atoms with Gasteiger partial charge in [-0.25, -0.2) is 0 Å². The molecule has 0 fully saturated rings. The Morgan fingerprint density at radius 1 is 1.20 bits per heavy atom. The number of aromatic amines is 1. The first-order valence-corrected chi connectivity index (χ1v) is 10.3. The third kappa shape index (κ3) is 3.75. The highest BCUT2D eigenvalue weighted by Crippen LogP contribution is 2.40. The number of hydrogen-bond donors (Lipinski definition) is 1. The molecule has 2 heterocycles. The molecule has 158 valence electrons. The standard InChI is InChI=1S/C24H28N2O4/c1-4-30-23-13-19-16(12-22(23)29-3)9-10-26(24(27)15-28-2)21(19)11-17-14-25-20-8-6-5-7-18(17)20/h5-8,12-14,21,25H,4,9-11,15H2,1-3H3. The number of methoxy groups -OCH3 is 2. The van der Waals surface area contributed by atoms with Gasteiger partial charge >= 0.3 is 0 Å². The smallest absolute Gasteiger partial charge is 0.249 e. The monoisotopic (exact) mass is 408 g/mol. The number of H-pyrrole nitrogens is 1. The minimum absolute atomic E-state index is 0.00164. The van der Waals surface area contributed by atoms with E-state index < -0.39 is 0 Å². The minimum atomic E-state index is -0.0966. The molecule has 6 nitrogen and oxygen atoms in total. The molecule has 0 radical (unpaired) electrons. The number of nitrogens with zero attached hydrogens (tertiary/aromatic N) is 1. The molecule has 0 saturated heterocycles. The van der Waals surface area contributed by atoms with Crippen LogP contribution in [0.15, 0.2) is 42.6 Å². The molecule has 4 rings (SSSR count). The summed E-state index contributed by atoms with van der Waals surface area (Å²) >= 11 is 0. The fourth-order valence-electron chi connectivity index (χ4n) is 4.37. The van der Waals surface area contributed by atoms with E-state index in [1.54, 1.807) is 14.2 Å². The van der Waals surface area contributed by atoms with Gasteiger partial charge < -0.3 is 24.1 Å². The fraction of sp³-hybridized carbons (Fsp3) is 0.375. The van der Waals surface area contributed by atoms with Gasteiger partial charge in [0, 0.05) is 30.8 Å². The van der Waals surface area contributed by atoms with Crippen LogP contribution in [0.25, 0.3) is 10.9 Å². The first-order valence-electron chi connectivity index (χ1n) is 10.3. The lowest BCUT2D eigenvalue weighted by molar-refractivity contribution is -0.138. The van der Waals surface area contributed by atoms with Gasteiger partial charge in [0.25, 0.3) is 0 Å². The molecule has 0 spiro atoms. The topological polar surface area (TPSA) is 63.8 Å². The molecule has 2 aromatic carbocycles. The van der Waals surface area contributed by atoms with Crippen LogP contribution in [0, 0.1) is 0 Å². The van der Waals surface area contributed by atoms with Gasteiger partial charge in [-0.2, -0.15) is 0 Å². The number of rotatable bonds is 7. The van der Waals surface area contributed by atoms with E-state index in [-0.39, 0.29) is 18.6 Å². The van der Waals surface area contributed by atoms with Crippen molar-refractivity contribution in [2.45, 2.75) is 25.8 Å². The summed E-state index contributed by atoms with van der Waals surface area (Å²) < 4.78 is 16.5. The van der Waals surface area contributed by atoms with E-state index in [9.17, 15) is 4.79 Å². The summed E-state index contributed by atoms with van der Waals surface area (Å²) in [5.74, 6) is 1.45. The maximum Gasteiger partial charge on any atom is 0.249 e. The molecule has 0 bridgehead atoms. The van der Waals surface area contributed by atoms with E-state index in [1.807, 2.05) is 36.2 Å². The third-order valence-corrected chi connectivity index (χ3v) is 5.76. The highest BCUT2D eigenvalue weighted by Gasteiger charge is 2.32. The summed E-state index contributed by atoms with van der Waals surface area (Å²) in [6.07, 6.45) is 3.53. The number of carbonyl (C=O) groups is 1. The Morgan fingerprint density at radius 3 is 2.80 bits per heavy atom. The summed E-state index contributed by atoms with van der Waals surface area (Å²) in [5.41, 5.74) is 4.59. The van der Waals surface area contributed by atoms with Crippen LogP contribution in [-0.2, 0) is 22.4 Å². The average Bonchev–Trinajstić information content (AvgIpc) is 3.17. The van der Waals surface area contributed by atoms with Crippen molar-refractivity contribution in [1.29, 1.82) is 0 Å². The highest BCUT2D eigenvalue weighted by atomic mass is 16.5. The zero-order valence-electron chi connectivity index (χ0n) is 17.7. The molecule has 1 aliphatic heterocycles. The van der Waals surface area contributed by atoms with Gasteiger partial charge in [0.2, 0.25) is 5.91 Å². The van der Waals surface area contributed by atoms with Crippen LogP contribution in [0.3, 0.4) is 0 Å². The van der Waals surface area contributed by atoms with Gasteiger partial charge in [0.1, 0.15) is 6.61 Å². The Hall–Kier alpha value is -2.99. The van der Waals surface area contributed by atoms with Gasteiger partial charge in [-0.05, 0) is 54.7 Å². The Morgan fingerprint density at radius 2 is 2.03 bits per heavy atom. The quantitative estimate of drug-likeness (QED) is 0.644. The summed E-state index contributed by atoms with van der Waals surface area (Å²) in [6.45, 7) is 3.23. The molecule has 1 aromatic heterocycles. The third-order valence-electron chi connectivity index (χ3n) is 5.76. The zero-order chi connectivity index (χ0) is 21.1. The van der Waals surface area contributed by atoms with E-state index in [1.165, 1.54) is 16.5 Å². The Kier molecular flexibility index (Phi) is 5.95. The second-order valence-electron chi connectivity index (χ2n) is 7.48. The van der Waals surface area contributed by atoms with Crippen molar-refractivity contribution in [2.24, 2.45) is 0 Å². The second-order valence-corrected chi connectivity index (χ2v) is 7.48. The lowest BCUT2D eigenvalue weighted by Crippen LogP contribution is -2.42. The van der Waals surface area contributed by atoms with Crippen LogP contribution < -0.4 is 9.47 Å². The number of amides is 1. The molecule has 1 unspecified atom stereocenters. The maximum atomic E-state index is 12.9. The number of benzene rings is 2. The number of hydrogen-bond acceptors (Lipinski definition) is 4. The van der Waals surface area contributed by atoms with E-state index in [0.29, 0.717) is 25.3 Å². The van der Waals surface area contributed by atoms with Crippen LogP contribution in [0.4, 0.5) is 0 Å². The SMILES string of the molecule is CCOc1cc2c(cc1OC)CCN(C(=O)COC)C2Cc1c[nH]c2ccccc12. The summed E-state index contributed by atoms with van der Waals surface area (Å²) in [4.78, 5) is 18.2. The normalized spacial score (nSPS) is 15.8. The van der Waals surface area contributed by atoms with Crippen molar-refractivity contribution in [3.05, 3.63) is 59.3 Å². The molecule has 0 saturated carbocycles. The van der Waals surface area contributed by atoms with Crippen molar-refractivity contribution < 1.29 is 19.0 Å². The van der Waals surface area contributed by atoms with Crippen molar-refractivity contribution in [3.8, 4) is 11.5 Å². The Labute approximate surface area is 176 Å². The van der Waals surface area contributed by atoms with Crippen molar-refractivity contribution in [1.82, 2.24) is 9.88 Å². The summed E-state index contributed by atoms with van der Waals surface area (Å²) in [5, 5.41) is 1.18. The zero-order valence-corrected chi connectivity index (χ0v) is 17.7. The minimum Gasteiger partial charge on any atom is -0.493 e. The number of ether oxygens (including phenoxy) is 3. The molecule has 3 aromatic rings. The van der Waals surface area contributed by atoms with Crippen molar-refractivity contribution in [3.63, 3.8) is 0 Å². The first kappa shape index (κ1) is 20.3. The van der Waals surface area contributed by atoms with Crippen LogP contribution in [0.5, 0.6) is 11.5 Å². The van der Waals surface area contributed by atoms with Gasteiger partial charge in [-0.3, -0.25) is 4.79 Å². The van der Waals surface area contributed by atoms with Gasteiger partial charge in [-0.15, -0.1) is 0 Å². The largest absolute Gasteiger partial charge is 0.493 e. The van der Waals surface area contributed by atoms with Crippen molar-refractivity contribution in [2.75, 3.05) is 34.0 Å². The lowest BCUT2D eigenvalue weighted by Gasteiger charge is -2.38. The average molecular weight is 408 g/mol. The molecule has 0 aliphatic carbocycles. The van der Waals surface area contributed by atoms with Crippen LogP contribution in [0.1, 0.15) is 29.7 Å². The molecule has 6 heteroatoms. The molecule has 1 aliphatic rings. The van der Waals surface area contributed by atoms with Gasteiger partial charge in [-0.1, -0.05) is 18.2 Å². The number of fused-ring (bicyclic) bond motifs is 2. The number of aromatic nitrogens is 1. The Bertz CT molecular complexity index is 1040. The number of para-hydroxylation sites is 1. The predicted octanol–water partition coefficient (Wildman–Crippen LogP) is 3.89. The predicted molar refractivity (Wildman–Crippen MR) is 116 cm³/mol. The molecular weight excluding hydrogens is 380 g/mol. The Balaban J connectivity index is 1.78. The fourth-order valence-corrected chi connectivity index (χ4v) is 4.37. The van der Waals surface area contributed by atoms with Crippen molar-refractivity contribution >= 4 is 16.8 Å². The second kappa shape index (κ2) is 8.79. The van der Waals surface area contributed by atoms with Crippen LogP contribution in [0.2, 0.25) is 0 Å². The molecule has 1 amide bonds. The molecule has 30 heavy (non-hydrogen) atoms. The molecule has 1 N–H and O–H groups in total. The van der Waals surface area contributed by atoms with Gasteiger partial charge in [0.15, 0.2) is 11.5 Å². The molecule has 1 atom stereocenters. The van der Waals surface area contributed by atoms with Crippen LogP contribution in [-0.4, -0.2) is 49.8 Å². The van der Waals surface area contributed by atoms with E-state index in [2.05, 4.69) is 23.2 Å². The number of nitrogens with one attached hydrogen (secondary N) is 1.